The minimum atomic E-state index is -0.921. The van der Waals surface area contributed by atoms with Crippen molar-refractivity contribution >= 4 is 39.2 Å². The van der Waals surface area contributed by atoms with Gasteiger partial charge in [-0.1, -0.05) is 11.3 Å². The smallest absolute Gasteiger partial charge is 0.310 e. The van der Waals surface area contributed by atoms with Crippen LogP contribution in [0.15, 0.2) is 11.0 Å². The van der Waals surface area contributed by atoms with Crippen LogP contribution in [0.4, 0.5) is 5.95 Å². The Hall–Kier alpha value is -2.13. The number of hydrogen-bond donors (Lipinski definition) is 2. The molecule has 8 nitrogen and oxygen atoms in total. The minimum absolute atomic E-state index is 0.0143. The van der Waals surface area contributed by atoms with Crippen LogP contribution < -0.4 is 10.6 Å². The van der Waals surface area contributed by atoms with E-state index in [-0.39, 0.29) is 18.0 Å². The van der Waals surface area contributed by atoms with Crippen LogP contribution in [-0.2, 0) is 9.59 Å². The Morgan fingerprint density at radius 1 is 1.40 bits per heavy atom. The highest BCUT2D eigenvalue weighted by Crippen LogP contribution is 2.30. The molecule has 0 aliphatic heterocycles. The number of fused-ring (bicyclic) bond motifs is 1. The van der Waals surface area contributed by atoms with Crippen LogP contribution in [0.1, 0.15) is 12.5 Å². The average molecular weight is 294 g/mol. The summed E-state index contributed by atoms with van der Waals surface area (Å²) in [5.41, 5.74) is 5.74. The first-order chi connectivity index (χ1) is 9.52. The molecule has 104 valence electrons. The van der Waals surface area contributed by atoms with Crippen molar-refractivity contribution in [3.63, 3.8) is 0 Å². The van der Waals surface area contributed by atoms with Gasteiger partial charge in [-0.3, -0.25) is 19.0 Å². The van der Waals surface area contributed by atoms with Crippen LogP contribution in [0.5, 0.6) is 0 Å². The number of rotatable bonds is 2. The van der Waals surface area contributed by atoms with E-state index in [1.54, 1.807) is 0 Å². The molecule has 0 amide bonds. The summed E-state index contributed by atoms with van der Waals surface area (Å²) in [6.45, 7) is -0.408. The molecule has 1 fully saturated rings. The van der Waals surface area contributed by atoms with E-state index in [4.69, 9.17) is 10.8 Å². The lowest BCUT2D eigenvalue weighted by atomic mass is 10.1. The van der Waals surface area contributed by atoms with Gasteiger partial charge in [0.1, 0.15) is 6.04 Å². The number of carbonyl (C=O) groups excluding carboxylic acids is 2. The van der Waals surface area contributed by atoms with Gasteiger partial charge in [0.25, 0.3) is 0 Å². The monoisotopic (exact) mass is 294 g/mol. The molecule has 3 N–H and O–H groups in total. The predicted molar refractivity (Wildman–Crippen MR) is 70.3 cm³/mol. The molecule has 9 heteroatoms. The van der Waals surface area contributed by atoms with Crippen LogP contribution in [0.25, 0.3) is 10.3 Å². The molecule has 2 atom stereocenters. The normalized spacial score (nSPS) is 22.9. The molecule has 0 aromatic carbocycles. The van der Waals surface area contributed by atoms with E-state index in [1.807, 2.05) is 0 Å². The Kier molecular flexibility index (Phi) is 2.87. The second kappa shape index (κ2) is 4.46. The number of nitrogens with zero attached hydrogens (tertiary/aromatic N) is 3. The Balaban J connectivity index is 2.18. The van der Waals surface area contributed by atoms with Crippen molar-refractivity contribution < 1.29 is 14.7 Å². The Morgan fingerprint density at radius 2 is 2.15 bits per heavy atom. The molecular weight excluding hydrogens is 284 g/mol. The molecule has 0 radical (unpaired) electrons. The van der Waals surface area contributed by atoms with E-state index in [0.717, 1.165) is 11.3 Å². The van der Waals surface area contributed by atoms with E-state index in [9.17, 15) is 14.4 Å². The van der Waals surface area contributed by atoms with Crippen molar-refractivity contribution in [1.82, 2.24) is 14.5 Å². The predicted octanol–water partition coefficient (Wildman–Crippen LogP) is -0.873. The summed E-state index contributed by atoms with van der Waals surface area (Å²) < 4.78 is 1.67. The van der Waals surface area contributed by atoms with Gasteiger partial charge in [-0.25, -0.2) is 4.98 Å². The van der Waals surface area contributed by atoms with Crippen LogP contribution in [0.3, 0.4) is 0 Å². The number of Topliss-reactive ketones (excluding diaryl/α,β-unsaturated/α-hetero) is 2. The zero-order chi connectivity index (χ0) is 14.4. The number of anilines is 1. The molecule has 1 aliphatic carbocycles. The lowest BCUT2D eigenvalue weighted by Crippen LogP contribution is -2.25. The number of aliphatic hydroxyl groups excluding tert-OH is 1. The average Bonchev–Trinajstić information content (AvgIpc) is 2.88. The molecule has 3 rings (SSSR count). The maximum atomic E-state index is 12.0. The van der Waals surface area contributed by atoms with E-state index < -0.39 is 35.0 Å². The van der Waals surface area contributed by atoms with E-state index in [1.165, 1.54) is 10.8 Å². The fourth-order valence-electron chi connectivity index (χ4n) is 2.35. The number of hydrogen-bond acceptors (Lipinski definition) is 8. The van der Waals surface area contributed by atoms with Crippen LogP contribution in [-0.4, -0.2) is 37.8 Å². The van der Waals surface area contributed by atoms with Crippen molar-refractivity contribution in [3.8, 4) is 0 Å². The molecule has 1 unspecified atom stereocenters. The molecule has 1 saturated carbocycles. The number of aromatic nitrogens is 3. The van der Waals surface area contributed by atoms with Crippen molar-refractivity contribution in [2.75, 3.05) is 12.3 Å². The summed E-state index contributed by atoms with van der Waals surface area (Å²) in [6.07, 6.45) is 1.51. The number of aliphatic hydroxyl groups is 1. The molecule has 0 spiro atoms. The summed E-state index contributed by atoms with van der Waals surface area (Å²) in [4.78, 5) is 43.0. The second-order valence-corrected chi connectivity index (χ2v) is 5.51. The number of ketones is 2. The van der Waals surface area contributed by atoms with Crippen molar-refractivity contribution in [2.24, 2.45) is 5.92 Å². The summed E-state index contributed by atoms with van der Waals surface area (Å²) >= 11 is 0.887. The van der Waals surface area contributed by atoms with E-state index in [2.05, 4.69) is 9.97 Å². The van der Waals surface area contributed by atoms with Gasteiger partial charge in [-0.2, -0.15) is 4.98 Å². The topological polar surface area (TPSA) is 128 Å². The largest absolute Gasteiger partial charge is 0.396 e. The van der Waals surface area contributed by atoms with Gasteiger partial charge in [0.15, 0.2) is 5.65 Å². The maximum Gasteiger partial charge on any atom is 0.310 e. The SMILES string of the molecule is Nc1ncc2sc(=O)n([C@@H]3CC(CO)C(=O)C3=O)c2n1. The zero-order valence-electron chi connectivity index (χ0n) is 10.1. The van der Waals surface area contributed by atoms with Crippen molar-refractivity contribution in [1.29, 1.82) is 0 Å². The first-order valence-electron chi connectivity index (χ1n) is 5.85. The number of carbonyl (C=O) groups is 2. The highest BCUT2D eigenvalue weighted by Gasteiger charge is 2.43. The van der Waals surface area contributed by atoms with Crippen LogP contribution >= 0.6 is 11.3 Å². The van der Waals surface area contributed by atoms with Crippen molar-refractivity contribution in [2.45, 2.75) is 12.5 Å². The standard InChI is InChI=1S/C11H10N4O4S/c12-10-13-2-6-9(14-10)15(11(19)20-6)5-1-4(3-16)7(17)8(5)18/h2,4-5,16H,1,3H2,(H2,12,13,14)/t4?,5-/m1/s1. The number of nitrogen functional groups attached to an aromatic ring is 1. The van der Waals surface area contributed by atoms with Gasteiger partial charge in [-0.05, 0) is 6.42 Å². The highest BCUT2D eigenvalue weighted by atomic mass is 32.1. The summed E-state index contributed by atoms with van der Waals surface area (Å²) in [5, 5.41) is 9.09. The third kappa shape index (κ3) is 1.74. The molecule has 20 heavy (non-hydrogen) atoms. The molecule has 1 aliphatic rings. The Labute approximate surface area is 115 Å². The van der Waals surface area contributed by atoms with Gasteiger partial charge >= 0.3 is 4.87 Å². The third-order valence-corrected chi connectivity index (χ3v) is 4.21. The summed E-state index contributed by atoms with van der Waals surface area (Å²) in [6, 6.07) is -0.921. The fourth-order valence-corrected chi connectivity index (χ4v) is 3.19. The van der Waals surface area contributed by atoms with E-state index >= 15 is 0 Å². The van der Waals surface area contributed by atoms with Gasteiger partial charge in [0.2, 0.25) is 17.5 Å². The molecule has 0 bridgehead atoms. The van der Waals surface area contributed by atoms with Crippen LogP contribution in [0, 0.1) is 5.92 Å². The zero-order valence-corrected chi connectivity index (χ0v) is 11.0. The lowest BCUT2D eigenvalue weighted by molar-refractivity contribution is -0.137. The first-order valence-corrected chi connectivity index (χ1v) is 6.67. The minimum Gasteiger partial charge on any atom is -0.396 e. The Morgan fingerprint density at radius 3 is 2.80 bits per heavy atom. The molecular formula is C11H10N4O4S. The second-order valence-electron chi connectivity index (χ2n) is 4.51. The van der Waals surface area contributed by atoms with Gasteiger partial charge in [-0.15, -0.1) is 0 Å². The van der Waals surface area contributed by atoms with Crippen LogP contribution in [0.2, 0.25) is 0 Å². The third-order valence-electron chi connectivity index (χ3n) is 3.33. The van der Waals surface area contributed by atoms with Gasteiger partial charge in [0.05, 0.1) is 23.4 Å². The fraction of sp³-hybridized carbons (Fsp3) is 0.364. The van der Waals surface area contributed by atoms with E-state index in [0.29, 0.717) is 4.70 Å². The summed E-state index contributed by atoms with van der Waals surface area (Å²) in [5.74, 6) is -2.10. The summed E-state index contributed by atoms with van der Waals surface area (Å²) in [7, 11) is 0. The Bertz CT molecular complexity index is 780. The molecule has 2 heterocycles. The first kappa shape index (κ1) is 12.9. The number of thiazole rings is 1. The lowest BCUT2D eigenvalue weighted by Gasteiger charge is -2.09. The van der Waals surface area contributed by atoms with Crippen molar-refractivity contribution in [3.05, 3.63) is 15.9 Å². The quantitative estimate of drug-likeness (QED) is 0.689. The number of nitrogens with two attached hydrogens (primary N) is 1. The molecule has 0 saturated heterocycles. The highest BCUT2D eigenvalue weighted by molar-refractivity contribution is 7.16. The maximum absolute atomic E-state index is 12.0. The molecule has 2 aromatic rings. The van der Waals surface area contributed by atoms with Gasteiger partial charge < -0.3 is 10.8 Å². The molecule has 2 aromatic heterocycles. The van der Waals surface area contributed by atoms with Gasteiger partial charge in [0, 0.05) is 0 Å².